The van der Waals surface area contributed by atoms with Crippen molar-refractivity contribution in [1.29, 1.82) is 0 Å². The lowest BCUT2D eigenvalue weighted by Crippen LogP contribution is -2.40. The summed E-state index contributed by atoms with van der Waals surface area (Å²) in [5.74, 6) is 0.108. The molecule has 0 radical (unpaired) electrons. The summed E-state index contributed by atoms with van der Waals surface area (Å²) < 4.78 is 27.4. The molecule has 3 rings (SSSR count). The number of anilines is 1. The Balaban J connectivity index is 1.78. The van der Waals surface area contributed by atoms with Gasteiger partial charge < -0.3 is 5.32 Å². The molecule has 0 spiro atoms. The van der Waals surface area contributed by atoms with Crippen LogP contribution in [0.25, 0.3) is 11.1 Å². The van der Waals surface area contributed by atoms with Gasteiger partial charge in [0, 0.05) is 24.6 Å². The molecule has 1 saturated carbocycles. The van der Waals surface area contributed by atoms with E-state index in [-0.39, 0.29) is 17.9 Å². The Morgan fingerprint density at radius 2 is 1.75 bits per heavy atom. The van der Waals surface area contributed by atoms with E-state index in [1.165, 1.54) is 6.92 Å². The van der Waals surface area contributed by atoms with Crippen LogP contribution in [0.5, 0.6) is 0 Å². The zero-order valence-electron chi connectivity index (χ0n) is 16.6. The van der Waals surface area contributed by atoms with E-state index in [1.807, 2.05) is 24.3 Å². The summed E-state index contributed by atoms with van der Waals surface area (Å²) in [4.78, 5) is 11.3. The van der Waals surface area contributed by atoms with E-state index < -0.39 is 15.3 Å². The van der Waals surface area contributed by atoms with Crippen molar-refractivity contribution in [2.24, 2.45) is 0 Å². The van der Waals surface area contributed by atoms with Crippen molar-refractivity contribution < 1.29 is 13.2 Å². The highest BCUT2D eigenvalue weighted by atomic mass is 32.2. The summed E-state index contributed by atoms with van der Waals surface area (Å²) in [6, 6.07) is 16.0. The predicted molar refractivity (Wildman–Crippen MR) is 114 cm³/mol. The van der Waals surface area contributed by atoms with E-state index in [0.717, 1.165) is 41.6 Å². The largest absolute Gasteiger partial charge is 0.326 e. The molecule has 6 heteroatoms. The number of benzene rings is 2. The van der Waals surface area contributed by atoms with Gasteiger partial charge in [0.15, 0.2) is 0 Å². The van der Waals surface area contributed by atoms with Crippen molar-refractivity contribution in [2.45, 2.75) is 57.2 Å². The molecule has 1 fully saturated rings. The summed E-state index contributed by atoms with van der Waals surface area (Å²) in [5, 5.41) is 2.38. The first-order valence-electron chi connectivity index (χ1n) is 9.75. The minimum absolute atomic E-state index is 0.0404. The van der Waals surface area contributed by atoms with Crippen LogP contribution in [0.1, 0.15) is 51.5 Å². The molecule has 0 bridgehead atoms. The van der Waals surface area contributed by atoms with Gasteiger partial charge in [-0.15, -0.1) is 0 Å². The lowest BCUT2D eigenvalue weighted by Gasteiger charge is -2.23. The van der Waals surface area contributed by atoms with E-state index in [9.17, 15) is 13.2 Å². The van der Waals surface area contributed by atoms with Crippen LogP contribution < -0.4 is 10.0 Å². The summed E-state index contributed by atoms with van der Waals surface area (Å²) in [6.45, 7) is 4.90. The SMILES string of the molecule is CC(=O)Nc1cccc(-c2ccc(C3CCCC3NS(=O)(=O)C(C)C)cc2)c1. The second kappa shape index (κ2) is 8.45. The third-order valence-corrected chi connectivity index (χ3v) is 7.18. The van der Waals surface area contributed by atoms with Gasteiger partial charge in [-0.2, -0.15) is 0 Å². The Morgan fingerprint density at radius 1 is 1.04 bits per heavy atom. The lowest BCUT2D eigenvalue weighted by atomic mass is 9.92. The minimum atomic E-state index is -3.27. The highest BCUT2D eigenvalue weighted by Gasteiger charge is 2.32. The van der Waals surface area contributed by atoms with Crippen LogP contribution in [0.3, 0.4) is 0 Å². The van der Waals surface area contributed by atoms with Crippen LogP contribution in [-0.4, -0.2) is 25.6 Å². The molecule has 2 N–H and O–H groups in total. The van der Waals surface area contributed by atoms with Gasteiger partial charge in [0.1, 0.15) is 0 Å². The molecular formula is C22H28N2O3S. The molecule has 0 aliphatic heterocycles. The first-order chi connectivity index (χ1) is 13.3. The molecule has 5 nitrogen and oxygen atoms in total. The maximum absolute atomic E-state index is 12.3. The fourth-order valence-electron chi connectivity index (χ4n) is 3.75. The molecule has 0 heterocycles. The van der Waals surface area contributed by atoms with Crippen molar-refractivity contribution in [3.05, 3.63) is 54.1 Å². The van der Waals surface area contributed by atoms with E-state index in [1.54, 1.807) is 13.8 Å². The summed E-state index contributed by atoms with van der Waals surface area (Å²) in [5.41, 5.74) is 4.03. The van der Waals surface area contributed by atoms with Gasteiger partial charge in [0.2, 0.25) is 15.9 Å². The summed E-state index contributed by atoms with van der Waals surface area (Å²) in [6.07, 6.45) is 2.89. The average molecular weight is 401 g/mol. The number of hydrogen-bond acceptors (Lipinski definition) is 3. The number of sulfonamides is 1. The van der Waals surface area contributed by atoms with Gasteiger partial charge in [-0.1, -0.05) is 42.8 Å². The Hall–Kier alpha value is -2.18. The number of rotatable bonds is 6. The highest BCUT2D eigenvalue weighted by molar-refractivity contribution is 7.90. The van der Waals surface area contributed by atoms with Gasteiger partial charge in [0.05, 0.1) is 5.25 Å². The van der Waals surface area contributed by atoms with Crippen molar-refractivity contribution in [2.75, 3.05) is 5.32 Å². The third kappa shape index (κ3) is 4.80. The Labute approximate surface area is 167 Å². The molecule has 28 heavy (non-hydrogen) atoms. The molecule has 2 unspecified atom stereocenters. The van der Waals surface area contributed by atoms with Crippen LogP contribution >= 0.6 is 0 Å². The van der Waals surface area contributed by atoms with Crippen LogP contribution in [0.4, 0.5) is 5.69 Å². The van der Waals surface area contributed by atoms with Gasteiger partial charge in [0.25, 0.3) is 0 Å². The standard InChI is InChI=1S/C22H28N2O3S/c1-15(2)28(26,27)24-22-9-5-8-21(22)18-12-10-17(11-13-18)19-6-4-7-20(14-19)23-16(3)25/h4,6-7,10-15,21-22,24H,5,8-9H2,1-3H3,(H,23,25). The zero-order chi connectivity index (χ0) is 20.3. The second-order valence-corrected chi connectivity index (χ2v) is 10.0. The topological polar surface area (TPSA) is 75.3 Å². The molecule has 2 aromatic rings. The third-order valence-electron chi connectivity index (χ3n) is 5.31. The van der Waals surface area contributed by atoms with E-state index in [4.69, 9.17) is 0 Å². The van der Waals surface area contributed by atoms with Gasteiger partial charge in [-0.25, -0.2) is 13.1 Å². The number of carbonyl (C=O) groups excluding carboxylic acids is 1. The monoisotopic (exact) mass is 400 g/mol. The molecule has 1 aliphatic rings. The second-order valence-electron chi connectivity index (χ2n) is 7.74. The number of nitrogens with one attached hydrogen (secondary N) is 2. The fraction of sp³-hybridized carbons (Fsp3) is 0.409. The maximum Gasteiger partial charge on any atom is 0.221 e. The minimum Gasteiger partial charge on any atom is -0.326 e. The quantitative estimate of drug-likeness (QED) is 0.760. The molecule has 1 amide bonds. The van der Waals surface area contributed by atoms with Crippen molar-refractivity contribution in [3.63, 3.8) is 0 Å². The van der Waals surface area contributed by atoms with Crippen LogP contribution in [0, 0.1) is 0 Å². The van der Waals surface area contributed by atoms with Crippen LogP contribution in [0.15, 0.2) is 48.5 Å². The molecule has 2 aromatic carbocycles. The van der Waals surface area contributed by atoms with Crippen LogP contribution in [0.2, 0.25) is 0 Å². The molecule has 0 aromatic heterocycles. The van der Waals surface area contributed by atoms with E-state index in [2.05, 4.69) is 34.3 Å². The number of carbonyl (C=O) groups is 1. The fourth-order valence-corrected chi connectivity index (χ4v) is 4.73. The highest BCUT2D eigenvalue weighted by Crippen LogP contribution is 2.36. The molecule has 2 atom stereocenters. The average Bonchev–Trinajstić information content (AvgIpc) is 3.09. The Kier molecular flexibility index (Phi) is 6.20. The van der Waals surface area contributed by atoms with Crippen LogP contribution in [-0.2, 0) is 14.8 Å². The van der Waals surface area contributed by atoms with E-state index in [0.29, 0.717) is 0 Å². The number of amides is 1. The Bertz CT molecular complexity index is 937. The lowest BCUT2D eigenvalue weighted by molar-refractivity contribution is -0.114. The van der Waals surface area contributed by atoms with Crippen molar-refractivity contribution in [1.82, 2.24) is 4.72 Å². The molecule has 1 aliphatic carbocycles. The van der Waals surface area contributed by atoms with Gasteiger partial charge in [-0.3, -0.25) is 4.79 Å². The smallest absolute Gasteiger partial charge is 0.221 e. The molecular weight excluding hydrogens is 372 g/mol. The maximum atomic E-state index is 12.3. The first kappa shape index (κ1) is 20.6. The molecule has 0 saturated heterocycles. The summed E-state index contributed by atoms with van der Waals surface area (Å²) in [7, 11) is -3.27. The number of hydrogen-bond donors (Lipinski definition) is 2. The summed E-state index contributed by atoms with van der Waals surface area (Å²) >= 11 is 0. The predicted octanol–water partition coefficient (Wildman–Crippen LogP) is 4.28. The normalized spacial score (nSPS) is 19.7. The zero-order valence-corrected chi connectivity index (χ0v) is 17.4. The van der Waals surface area contributed by atoms with Crippen molar-refractivity contribution in [3.8, 4) is 11.1 Å². The first-order valence-corrected chi connectivity index (χ1v) is 11.3. The molecule has 150 valence electrons. The van der Waals surface area contributed by atoms with E-state index >= 15 is 0 Å². The Morgan fingerprint density at radius 3 is 2.39 bits per heavy atom. The van der Waals surface area contributed by atoms with Crippen molar-refractivity contribution >= 4 is 21.6 Å². The van der Waals surface area contributed by atoms with Gasteiger partial charge in [-0.05, 0) is 55.5 Å². The van der Waals surface area contributed by atoms with Gasteiger partial charge >= 0.3 is 0 Å².